The van der Waals surface area contributed by atoms with Crippen LogP contribution in [-0.4, -0.2) is 23.4 Å². The molecule has 104 valence electrons. The first-order valence-electron chi connectivity index (χ1n) is 6.11. The van der Waals surface area contributed by atoms with Crippen LogP contribution in [-0.2, 0) is 11.5 Å². The number of nitrogens with one attached hydrogen (secondary N) is 1. The summed E-state index contributed by atoms with van der Waals surface area (Å²) < 4.78 is 7.27. The number of rotatable bonds is 4. The predicted molar refractivity (Wildman–Crippen MR) is 80.6 cm³/mol. The number of thiophene rings is 1. The molecule has 5 nitrogen and oxygen atoms in total. The third kappa shape index (κ3) is 2.88. The lowest BCUT2D eigenvalue weighted by molar-refractivity contribution is 0.0564. The summed E-state index contributed by atoms with van der Waals surface area (Å²) in [6.07, 6.45) is 0. The van der Waals surface area contributed by atoms with E-state index in [9.17, 15) is 9.59 Å². The summed E-state index contributed by atoms with van der Waals surface area (Å²) in [5, 5.41) is 4.08. The molecule has 0 fully saturated rings. The number of aromatic nitrogens is 2. The van der Waals surface area contributed by atoms with Crippen molar-refractivity contribution < 1.29 is 4.74 Å². The van der Waals surface area contributed by atoms with Gasteiger partial charge in [-0.1, -0.05) is 19.6 Å². The number of hydrogen-bond donors (Lipinski definition) is 1. The highest BCUT2D eigenvalue weighted by atomic mass is 32.1. The van der Waals surface area contributed by atoms with E-state index in [1.54, 1.807) is 10.8 Å². The fraction of sp³-hybridized carbons (Fsp3) is 0.500. The van der Waals surface area contributed by atoms with E-state index in [0.717, 1.165) is 0 Å². The summed E-state index contributed by atoms with van der Waals surface area (Å²) in [5.74, 6) is 0. The van der Waals surface area contributed by atoms with Crippen molar-refractivity contribution in [2.24, 2.45) is 0 Å². The smallest absolute Gasteiger partial charge is 0.330 e. The van der Waals surface area contributed by atoms with Crippen LogP contribution in [0.15, 0.2) is 20.3 Å². The van der Waals surface area contributed by atoms with Gasteiger partial charge < -0.3 is 4.74 Å². The van der Waals surface area contributed by atoms with Crippen molar-refractivity contribution in [3.63, 3.8) is 0 Å². The van der Waals surface area contributed by atoms with E-state index in [2.05, 4.69) is 24.6 Å². The first-order chi connectivity index (χ1) is 8.80. The summed E-state index contributed by atoms with van der Waals surface area (Å²) >= 11 is 1.40. The van der Waals surface area contributed by atoms with E-state index >= 15 is 0 Å². The molecule has 0 spiro atoms. The molecule has 0 saturated carbocycles. The maximum absolute atomic E-state index is 11.9. The number of hydrogen-bond acceptors (Lipinski definition) is 4. The second-order valence-corrected chi connectivity index (χ2v) is 12.0. The molecule has 2 heterocycles. The molecule has 0 radical (unpaired) electrons. The highest BCUT2D eigenvalue weighted by molar-refractivity contribution is 7.09. The average molecular weight is 298 g/mol. The van der Waals surface area contributed by atoms with Gasteiger partial charge in [0.05, 0.1) is 19.0 Å². The van der Waals surface area contributed by atoms with Crippen LogP contribution in [0.1, 0.15) is 6.92 Å². The van der Waals surface area contributed by atoms with Crippen molar-refractivity contribution in [3.8, 4) is 0 Å². The van der Waals surface area contributed by atoms with Crippen molar-refractivity contribution >= 4 is 30.3 Å². The first-order valence-corrected chi connectivity index (χ1v) is 10.6. The van der Waals surface area contributed by atoms with Crippen LogP contribution in [0.4, 0.5) is 0 Å². The van der Waals surface area contributed by atoms with Gasteiger partial charge in [0.15, 0.2) is 0 Å². The number of ether oxygens (including phenoxy) is 1. The Morgan fingerprint density at radius 2 is 2.05 bits per heavy atom. The topological polar surface area (TPSA) is 64.1 Å². The number of aromatic amines is 1. The Morgan fingerprint density at radius 1 is 1.37 bits per heavy atom. The third-order valence-electron chi connectivity index (χ3n) is 3.32. The molecule has 2 aromatic rings. The largest absolute Gasteiger partial charge is 0.361 e. The minimum absolute atomic E-state index is 0.139. The van der Waals surface area contributed by atoms with Crippen LogP contribution in [0.2, 0.25) is 19.6 Å². The average Bonchev–Trinajstić information content (AvgIpc) is 2.76. The second-order valence-electron chi connectivity index (χ2n) is 5.66. The monoisotopic (exact) mass is 298 g/mol. The highest BCUT2D eigenvalue weighted by Gasteiger charge is 2.23. The van der Waals surface area contributed by atoms with Crippen molar-refractivity contribution in [2.75, 3.05) is 0 Å². The van der Waals surface area contributed by atoms with Crippen LogP contribution < -0.4 is 11.2 Å². The zero-order valence-electron chi connectivity index (χ0n) is 11.5. The molecule has 0 aromatic carbocycles. The fourth-order valence-electron chi connectivity index (χ4n) is 1.58. The molecule has 0 saturated heterocycles. The van der Waals surface area contributed by atoms with Gasteiger partial charge in [-0.15, -0.1) is 11.3 Å². The Kier molecular flexibility index (Phi) is 3.79. The van der Waals surface area contributed by atoms with E-state index in [4.69, 9.17) is 4.74 Å². The van der Waals surface area contributed by atoms with Crippen LogP contribution in [0.3, 0.4) is 0 Å². The maximum Gasteiger partial charge on any atom is 0.330 e. The molecular formula is C12H18N2O3SSi. The molecule has 0 aliphatic rings. The van der Waals surface area contributed by atoms with Gasteiger partial charge in [0.2, 0.25) is 0 Å². The summed E-state index contributed by atoms with van der Waals surface area (Å²) in [7, 11) is -1.40. The Labute approximate surface area is 115 Å². The van der Waals surface area contributed by atoms with E-state index in [-0.39, 0.29) is 18.0 Å². The van der Waals surface area contributed by atoms with Gasteiger partial charge in [-0.25, -0.2) is 4.79 Å². The van der Waals surface area contributed by atoms with Gasteiger partial charge in [-0.2, -0.15) is 0 Å². The molecule has 19 heavy (non-hydrogen) atoms. The van der Waals surface area contributed by atoms with Gasteiger partial charge in [0, 0.05) is 16.5 Å². The SMILES string of the molecule is CC(OCn1c(=O)[nH]c(=O)c2cscc21)[Si](C)(C)C. The summed E-state index contributed by atoms with van der Waals surface area (Å²) in [6.45, 7) is 8.86. The fourth-order valence-corrected chi connectivity index (χ4v) is 2.96. The molecule has 1 atom stereocenters. The highest BCUT2D eigenvalue weighted by Crippen LogP contribution is 2.15. The molecule has 0 bridgehead atoms. The van der Waals surface area contributed by atoms with Gasteiger partial charge in [0.25, 0.3) is 5.56 Å². The lowest BCUT2D eigenvalue weighted by atomic mass is 10.4. The molecular weight excluding hydrogens is 280 g/mol. The molecule has 1 N–H and O–H groups in total. The number of nitrogens with zero attached hydrogens (tertiary/aromatic N) is 1. The van der Waals surface area contributed by atoms with Gasteiger partial charge in [0.1, 0.15) is 6.73 Å². The lowest BCUT2D eigenvalue weighted by Crippen LogP contribution is -2.40. The normalized spacial score (nSPS) is 13.9. The molecule has 0 aliphatic carbocycles. The zero-order valence-corrected chi connectivity index (χ0v) is 13.3. The van der Waals surface area contributed by atoms with Gasteiger partial charge in [-0.05, 0) is 6.92 Å². The Hall–Kier alpha value is -1.18. The standard InChI is InChI=1S/C12H18N2O3SSi/c1-8(19(2,3)4)17-7-14-10-6-18-5-9(10)11(15)13-12(14)16/h5-6,8H,7H2,1-4H3,(H,13,15,16). The molecule has 1 unspecified atom stereocenters. The van der Waals surface area contributed by atoms with E-state index in [1.165, 1.54) is 15.9 Å². The molecule has 7 heteroatoms. The van der Waals surface area contributed by atoms with Crippen molar-refractivity contribution in [3.05, 3.63) is 31.6 Å². The Balaban J connectivity index is 2.34. The predicted octanol–water partition coefficient (Wildman–Crippen LogP) is 1.99. The summed E-state index contributed by atoms with van der Waals surface area (Å²) in [4.78, 5) is 25.8. The minimum Gasteiger partial charge on any atom is -0.361 e. The Morgan fingerprint density at radius 3 is 2.68 bits per heavy atom. The van der Waals surface area contributed by atoms with E-state index in [0.29, 0.717) is 10.9 Å². The number of fused-ring (bicyclic) bond motifs is 1. The molecule has 2 rings (SSSR count). The minimum atomic E-state index is -1.40. The molecule has 2 aromatic heterocycles. The first kappa shape index (κ1) is 14.2. The zero-order chi connectivity index (χ0) is 14.2. The van der Waals surface area contributed by atoms with Crippen LogP contribution >= 0.6 is 11.3 Å². The van der Waals surface area contributed by atoms with E-state index < -0.39 is 13.8 Å². The Bertz CT molecular complexity index is 695. The third-order valence-corrected chi connectivity index (χ3v) is 6.65. The number of H-pyrrole nitrogens is 1. The summed E-state index contributed by atoms with van der Waals surface area (Å²) in [5.41, 5.74) is 0.0240. The molecule has 0 amide bonds. The van der Waals surface area contributed by atoms with Crippen molar-refractivity contribution in [1.29, 1.82) is 0 Å². The van der Waals surface area contributed by atoms with Crippen molar-refractivity contribution in [2.45, 2.75) is 39.0 Å². The molecule has 0 aliphatic heterocycles. The summed E-state index contributed by atoms with van der Waals surface area (Å²) in [6, 6.07) is 0. The van der Waals surface area contributed by atoms with Gasteiger partial charge >= 0.3 is 5.69 Å². The maximum atomic E-state index is 11.9. The van der Waals surface area contributed by atoms with E-state index in [1.807, 2.05) is 6.92 Å². The van der Waals surface area contributed by atoms with Crippen LogP contribution in [0, 0.1) is 0 Å². The van der Waals surface area contributed by atoms with Crippen molar-refractivity contribution in [1.82, 2.24) is 9.55 Å². The second kappa shape index (κ2) is 5.07. The van der Waals surface area contributed by atoms with Gasteiger partial charge in [-0.3, -0.25) is 14.3 Å². The quantitative estimate of drug-likeness (QED) is 0.878. The lowest BCUT2D eigenvalue weighted by Gasteiger charge is -2.25. The van der Waals surface area contributed by atoms with Crippen LogP contribution in [0.25, 0.3) is 10.9 Å². The van der Waals surface area contributed by atoms with Crippen LogP contribution in [0.5, 0.6) is 0 Å².